The molecule has 1 aliphatic heterocycles. The molecule has 2 aliphatic rings. The SMILES string of the molecule is Cl.O=C(c1ccc(-c2n[nH]c(C3CC3)n2)cc1)N1CCNCC1c1cccc(F)c1. The number of benzene rings is 2. The molecule has 1 saturated carbocycles. The molecule has 2 aromatic carbocycles. The maximum Gasteiger partial charge on any atom is 0.254 e. The van der Waals surface area contributed by atoms with Gasteiger partial charge in [0.2, 0.25) is 0 Å². The lowest BCUT2D eigenvalue weighted by Crippen LogP contribution is -2.48. The molecule has 1 saturated heterocycles. The van der Waals surface area contributed by atoms with Crippen molar-refractivity contribution in [2.75, 3.05) is 19.6 Å². The first-order valence-electron chi connectivity index (χ1n) is 9.99. The smallest absolute Gasteiger partial charge is 0.254 e. The summed E-state index contributed by atoms with van der Waals surface area (Å²) >= 11 is 0. The Morgan fingerprint density at radius 3 is 2.67 bits per heavy atom. The van der Waals surface area contributed by atoms with Gasteiger partial charge in [-0.05, 0) is 42.7 Å². The minimum Gasteiger partial charge on any atom is -0.329 e. The lowest BCUT2D eigenvalue weighted by atomic mass is 10.0. The number of hydrogen-bond acceptors (Lipinski definition) is 4. The molecule has 0 bridgehead atoms. The number of rotatable bonds is 4. The molecule has 2 fully saturated rings. The van der Waals surface area contributed by atoms with E-state index in [4.69, 9.17) is 0 Å². The highest BCUT2D eigenvalue weighted by atomic mass is 35.5. The maximum atomic E-state index is 13.7. The predicted molar refractivity (Wildman–Crippen MR) is 114 cm³/mol. The van der Waals surface area contributed by atoms with E-state index in [0.717, 1.165) is 23.5 Å². The van der Waals surface area contributed by atoms with E-state index in [0.29, 0.717) is 30.4 Å². The zero-order chi connectivity index (χ0) is 19.8. The van der Waals surface area contributed by atoms with Crippen molar-refractivity contribution in [2.45, 2.75) is 24.8 Å². The fourth-order valence-electron chi connectivity index (χ4n) is 3.83. The van der Waals surface area contributed by atoms with Gasteiger partial charge >= 0.3 is 0 Å². The monoisotopic (exact) mass is 427 g/mol. The Hall–Kier alpha value is -2.77. The lowest BCUT2D eigenvalue weighted by Gasteiger charge is -2.36. The van der Waals surface area contributed by atoms with E-state index in [9.17, 15) is 9.18 Å². The molecule has 5 rings (SSSR count). The molecule has 156 valence electrons. The predicted octanol–water partition coefficient (Wildman–Crippen LogP) is 3.70. The normalized spacial score (nSPS) is 18.7. The van der Waals surface area contributed by atoms with E-state index in [-0.39, 0.29) is 30.2 Å². The van der Waals surface area contributed by atoms with Crippen LogP contribution in [-0.2, 0) is 0 Å². The number of carbonyl (C=O) groups excluding carboxylic acids is 1. The summed E-state index contributed by atoms with van der Waals surface area (Å²) in [6.45, 7) is 1.90. The lowest BCUT2D eigenvalue weighted by molar-refractivity contribution is 0.0634. The molecule has 30 heavy (non-hydrogen) atoms. The van der Waals surface area contributed by atoms with Crippen LogP contribution in [0, 0.1) is 5.82 Å². The van der Waals surface area contributed by atoms with E-state index < -0.39 is 0 Å². The molecule has 1 aliphatic carbocycles. The minimum absolute atomic E-state index is 0. The van der Waals surface area contributed by atoms with Gasteiger partial charge in [-0.3, -0.25) is 9.89 Å². The summed E-state index contributed by atoms with van der Waals surface area (Å²) in [6.07, 6.45) is 2.33. The van der Waals surface area contributed by atoms with Crippen LogP contribution in [0.25, 0.3) is 11.4 Å². The number of aromatic nitrogens is 3. The van der Waals surface area contributed by atoms with Gasteiger partial charge in [0.25, 0.3) is 5.91 Å². The molecule has 1 aromatic heterocycles. The molecule has 0 spiro atoms. The molecule has 2 heterocycles. The number of amides is 1. The second-order valence-corrected chi connectivity index (χ2v) is 7.67. The molecule has 0 radical (unpaired) electrons. The third-order valence-corrected chi connectivity index (χ3v) is 5.59. The van der Waals surface area contributed by atoms with Gasteiger partial charge in [-0.15, -0.1) is 12.4 Å². The van der Waals surface area contributed by atoms with E-state index in [1.807, 2.05) is 35.2 Å². The molecular weight excluding hydrogens is 405 g/mol. The number of carbonyl (C=O) groups is 1. The van der Waals surface area contributed by atoms with Gasteiger partial charge < -0.3 is 10.2 Å². The van der Waals surface area contributed by atoms with Crippen molar-refractivity contribution in [2.24, 2.45) is 0 Å². The van der Waals surface area contributed by atoms with Crippen molar-refractivity contribution in [3.05, 3.63) is 71.3 Å². The van der Waals surface area contributed by atoms with Gasteiger partial charge in [-0.25, -0.2) is 9.37 Å². The Morgan fingerprint density at radius 1 is 1.13 bits per heavy atom. The molecule has 2 N–H and O–H groups in total. The van der Waals surface area contributed by atoms with Crippen molar-refractivity contribution < 1.29 is 9.18 Å². The van der Waals surface area contributed by atoms with Gasteiger partial charge in [-0.2, -0.15) is 5.10 Å². The van der Waals surface area contributed by atoms with Gasteiger partial charge in [0.15, 0.2) is 5.82 Å². The Morgan fingerprint density at radius 2 is 1.93 bits per heavy atom. The highest BCUT2D eigenvalue weighted by Crippen LogP contribution is 2.38. The topological polar surface area (TPSA) is 73.9 Å². The molecule has 3 aromatic rings. The average molecular weight is 428 g/mol. The van der Waals surface area contributed by atoms with E-state index in [1.165, 1.54) is 25.0 Å². The van der Waals surface area contributed by atoms with E-state index in [2.05, 4.69) is 20.5 Å². The molecule has 6 nitrogen and oxygen atoms in total. The van der Waals surface area contributed by atoms with Crippen molar-refractivity contribution >= 4 is 18.3 Å². The highest BCUT2D eigenvalue weighted by Gasteiger charge is 2.29. The first-order chi connectivity index (χ1) is 14.2. The van der Waals surface area contributed by atoms with Gasteiger partial charge in [0.1, 0.15) is 11.6 Å². The maximum absolute atomic E-state index is 13.7. The molecule has 1 unspecified atom stereocenters. The van der Waals surface area contributed by atoms with Crippen molar-refractivity contribution in [3.63, 3.8) is 0 Å². The first kappa shape index (κ1) is 20.5. The summed E-state index contributed by atoms with van der Waals surface area (Å²) < 4.78 is 13.7. The third-order valence-electron chi connectivity index (χ3n) is 5.59. The number of hydrogen-bond donors (Lipinski definition) is 2. The number of H-pyrrole nitrogens is 1. The van der Waals surface area contributed by atoms with Crippen LogP contribution in [0.1, 0.15) is 46.5 Å². The van der Waals surface area contributed by atoms with Gasteiger partial charge in [0.05, 0.1) is 6.04 Å². The van der Waals surface area contributed by atoms with Crippen molar-refractivity contribution in [1.82, 2.24) is 25.4 Å². The van der Waals surface area contributed by atoms with Crippen LogP contribution in [0.3, 0.4) is 0 Å². The summed E-state index contributed by atoms with van der Waals surface area (Å²) in [5.41, 5.74) is 2.29. The van der Waals surface area contributed by atoms with Crippen LogP contribution in [0.4, 0.5) is 4.39 Å². The summed E-state index contributed by atoms with van der Waals surface area (Å²) in [4.78, 5) is 19.6. The number of halogens is 2. The standard InChI is InChI=1S/C22H22FN5O.ClH/c23-18-3-1-2-17(12-18)19-13-24-10-11-28(19)22(29)16-8-6-15(7-9-16)21-25-20(26-27-21)14-4-5-14;/h1-3,6-9,12,14,19,24H,4-5,10-11,13H2,(H,25,26,27);1H. The van der Waals surface area contributed by atoms with Gasteiger partial charge in [0, 0.05) is 36.7 Å². The Bertz CT molecular complexity index is 1030. The average Bonchev–Trinajstić information content (AvgIpc) is 3.50. The molecule has 1 amide bonds. The van der Waals surface area contributed by atoms with Crippen LogP contribution in [0.2, 0.25) is 0 Å². The van der Waals surface area contributed by atoms with Crippen LogP contribution in [0.5, 0.6) is 0 Å². The first-order valence-corrected chi connectivity index (χ1v) is 9.99. The van der Waals surface area contributed by atoms with Crippen LogP contribution >= 0.6 is 12.4 Å². The van der Waals surface area contributed by atoms with Crippen LogP contribution in [0.15, 0.2) is 48.5 Å². The fourth-order valence-corrected chi connectivity index (χ4v) is 3.83. The Kier molecular flexibility index (Phi) is 5.83. The summed E-state index contributed by atoms with van der Waals surface area (Å²) in [7, 11) is 0. The van der Waals surface area contributed by atoms with Crippen molar-refractivity contribution in [3.8, 4) is 11.4 Å². The van der Waals surface area contributed by atoms with Crippen LogP contribution in [-0.4, -0.2) is 45.6 Å². The number of nitrogens with one attached hydrogen (secondary N) is 2. The number of piperazine rings is 1. The van der Waals surface area contributed by atoms with E-state index >= 15 is 0 Å². The summed E-state index contributed by atoms with van der Waals surface area (Å²) in [6, 6.07) is 13.7. The zero-order valence-corrected chi connectivity index (χ0v) is 17.2. The van der Waals surface area contributed by atoms with Gasteiger partial charge in [-0.1, -0.05) is 24.3 Å². The highest BCUT2D eigenvalue weighted by molar-refractivity contribution is 5.95. The summed E-state index contributed by atoms with van der Waals surface area (Å²) in [5, 5.41) is 10.6. The second kappa shape index (κ2) is 8.53. The zero-order valence-electron chi connectivity index (χ0n) is 16.3. The number of nitrogens with zero attached hydrogens (tertiary/aromatic N) is 3. The molecule has 8 heteroatoms. The van der Waals surface area contributed by atoms with E-state index in [1.54, 1.807) is 6.07 Å². The Balaban J connectivity index is 0.00000218. The second-order valence-electron chi connectivity index (χ2n) is 7.67. The Labute approximate surface area is 180 Å². The third kappa shape index (κ3) is 4.08. The number of aromatic amines is 1. The molecule has 1 atom stereocenters. The summed E-state index contributed by atoms with van der Waals surface area (Å²) in [5.74, 6) is 1.78. The van der Waals surface area contributed by atoms with Crippen molar-refractivity contribution in [1.29, 1.82) is 0 Å². The minimum atomic E-state index is -0.290. The fraction of sp³-hybridized carbons (Fsp3) is 0.318. The quantitative estimate of drug-likeness (QED) is 0.665. The largest absolute Gasteiger partial charge is 0.329 e. The van der Waals surface area contributed by atoms with Crippen LogP contribution < -0.4 is 5.32 Å². The molecular formula is C22H23ClFN5O.